The molecule has 2 aromatic carbocycles. The molecular formula is C21H27O4P. The molecule has 0 aliphatic rings. The number of para-hydroxylation sites is 2. The van der Waals surface area contributed by atoms with E-state index in [1.807, 2.05) is 36.4 Å². The van der Waals surface area contributed by atoms with Gasteiger partial charge in [-0.15, -0.1) is 0 Å². The molecule has 0 heterocycles. The van der Waals surface area contributed by atoms with Gasteiger partial charge in [0, 0.05) is 0 Å². The highest BCUT2D eigenvalue weighted by atomic mass is 31.2. The third kappa shape index (κ3) is 5.74. The van der Waals surface area contributed by atoms with Gasteiger partial charge in [0.1, 0.15) is 23.4 Å². The number of carbonyl (C=O) groups is 1. The summed E-state index contributed by atoms with van der Waals surface area (Å²) in [5.41, 5.74) is 1.92. The first-order valence-electron chi connectivity index (χ1n) is 9.11. The number of Topliss-reactive ketones (excluding diaryl/α,β-unsaturated/α-hetero) is 1. The summed E-state index contributed by atoms with van der Waals surface area (Å²) in [6, 6.07) is 15.0. The number of aryl methyl sites for hydroxylation is 2. The average Bonchev–Trinajstić information content (AvgIpc) is 2.58. The Bertz CT molecular complexity index is 730. The van der Waals surface area contributed by atoms with Gasteiger partial charge >= 0.3 is 7.60 Å². The molecule has 0 atom stereocenters. The molecule has 0 saturated heterocycles. The molecule has 0 spiro atoms. The van der Waals surface area contributed by atoms with Crippen LogP contribution >= 0.6 is 7.60 Å². The van der Waals surface area contributed by atoms with Crippen molar-refractivity contribution < 1.29 is 18.4 Å². The molecule has 0 saturated carbocycles. The van der Waals surface area contributed by atoms with Crippen LogP contribution in [0.5, 0.6) is 11.5 Å². The van der Waals surface area contributed by atoms with E-state index in [1.54, 1.807) is 12.1 Å². The van der Waals surface area contributed by atoms with Crippen LogP contribution < -0.4 is 9.05 Å². The van der Waals surface area contributed by atoms with E-state index in [4.69, 9.17) is 9.05 Å². The van der Waals surface area contributed by atoms with Gasteiger partial charge in [0.15, 0.2) is 0 Å². The minimum atomic E-state index is -3.67. The second-order valence-corrected chi connectivity index (χ2v) is 8.27. The van der Waals surface area contributed by atoms with Gasteiger partial charge in [-0.05, 0) is 43.0 Å². The minimum Gasteiger partial charge on any atom is -0.415 e. The number of hydrogen-bond donors (Lipinski definition) is 0. The zero-order valence-corrected chi connectivity index (χ0v) is 16.6. The number of benzene rings is 2. The summed E-state index contributed by atoms with van der Waals surface area (Å²) in [5, 5.41) is 0. The molecule has 0 radical (unpaired) electrons. The van der Waals surface area contributed by atoms with Gasteiger partial charge in [-0.3, -0.25) is 4.79 Å². The van der Waals surface area contributed by atoms with Crippen molar-refractivity contribution in [3.63, 3.8) is 0 Å². The standard InChI is InChI=1S/C21H27O4P/c1-4-10-18-12-6-8-14-20(18)24-26(23,16-17(3)22)25-21-15-9-7-13-19(21)11-5-2/h6-9,12-15H,4-5,10-11,16H2,1-3H3. The van der Waals surface area contributed by atoms with Crippen LogP contribution in [-0.4, -0.2) is 11.9 Å². The molecule has 0 N–H and O–H groups in total. The van der Waals surface area contributed by atoms with Crippen LogP contribution in [0.4, 0.5) is 0 Å². The van der Waals surface area contributed by atoms with Crippen molar-refractivity contribution in [3.8, 4) is 11.5 Å². The van der Waals surface area contributed by atoms with Crippen molar-refractivity contribution in [2.24, 2.45) is 0 Å². The fraction of sp³-hybridized carbons (Fsp3) is 0.381. The summed E-state index contributed by atoms with van der Waals surface area (Å²) in [4.78, 5) is 11.7. The molecule has 0 fully saturated rings. The van der Waals surface area contributed by atoms with Crippen molar-refractivity contribution in [3.05, 3.63) is 59.7 Å². The lowest BCUT2D eigenvalue weighted by Gasteiger charge is -2.22. The van der Waals surface area contributed by atoms with Gasteiger partial charge in [0.2, 0.25) is 0 Å². The van der Waals surface area contributed by atoms with Gasteiger partial charge in [-0.2, -0.15) is 0 Å². The third-order valence-corrected chi connectivity index (χ3v) is 5.66. The van der Waals surface area contributed by atoms with Crippen LogP contribution in [0.15, 0.2) is 48.5 Å². The van der Waals surface area contributed by atoms with E-state index in [0.717, 1.165) is 36.8 Å². The number of rotatable bonds is 10. The van der Waals surface area contributed by atoms with E-state index in [9.17, 15) is 9.36 Å². The highest BCUT2D eigenvalue weighted by Gasteiger charge is 2.31. The Morgan fingerprint density at radius 1 is 0.846 bits per heavy atom. The van der Waals surface area contributed by atoms with E-state index in [1.165, 1.54) is 6.92 Å². The molecule has 0 unspecified atom stereocenters. The Hall–Kier alpha value is -2.06. The molecular weight excluding hydrogens is 347 g/mol. The molecule has 0 aliphatic heterocycles. The molecule has 0 bridgehead atoms. The van der Waals surface area contributed by atoms with Crippen molar-refractivity contribution in [1.29, 1.82) is 0 Å². The number of carbonyl (C=O) groups excluding carboxylic acids is 1. The quantitative estimate of drug-likeness (QED) is 0.491. The van der Waals surface area contributed by atoms with Crippen LogP contribution in [0.2, 0.25) is 0 Å². The monoisotopic (exact) mass is 374 g/mol. The predicted molar refractivity (Wildman–Crippen MR) is 105 cm³/mol. The first-order chi connectivity index (χ1) is 12.5. The first-order valence-corrected chi connectivity index (χ1v) is 10.8. The van der Waals surface area contributed by atoms with Crippen LogP contribution in [0.3, 0.4) is 0 Å². The van der Waals surface area contributed by atoms with Gasteiger partial charge in [-0.1, -0.05) is 63.1 Å². The summed E-state index contributed by atoms with van der Waals surface area (Å²) in [6.07, 6.45) is 3.24. The van der Waals surface area contributed by atoms with Gasteiger partial charge < -0.3 is 9.05 Å². The van der Waals surface area contributed by atoms with Crippen LogP contribution in [0.25, 0.3) is 0 Å². The van der Waals surface area contributed by atoms with E-state index in [-0.39, 0.29) is 11.9 Å². The van der Waals surface area contributed by atoms with Crippen molar-refractivity contribution in [2.45, 2.75) is 46.5 Å². The van der Waals surface area contributed by atoms with Gasteiger partial charge in [0.05, 0.1) is 0 Å². The Labute approximate surface area is 156 Å². The lowest BCUT2D eigenvalue weighted by atomic mass is 10.1. The Morgan fingerprint density at radius 3 is 1.65 bits per heavy atom. The van der Waals surface area contributed by atoms with Gasteiger partial charge in [-0.25, -0.2) is 4.57 Å². The summed E-state index contributed by atoms with van der Waals surface area (Å²) in [6.45, 7) is 5.54. The summed E-state index contributed by atoms with van der Waals surface area (Å²) in [7, 11) is -3.67. The topological polar surface area (TPSA) is 52.6 Å². The minimum absolute atomic E-state index is 0.228. The van der Waals surface area contributed by atoms with Crippen molar-refractivity contribution >= 4 is 13.4 Å². The normalized spacial score (nSPS) is 11.2. The fourth-order valence-electron chi connectivity index (χ4n) is 2.79. The Kier molecular flexibility index (Phi) is 7.47. The average molecular weight is 374 g/mol. The second kappa shape index (κ2) is 9.59. The summed E-state index contributed by atoms with van der Waals surface area (Å²) < 4.78 is 25.1. The van der Waals surface area contributed by atoms with Crippen LogP contribution in [-0.2, 0) is 22.2 Å². The predicted octanol–water partition coefficient (Wildman–Crippen LogP) is 5.83. The van der Waals surface area contributed by atoms with Crippen LogP contribution in [0, 0.1) is 0 Å². The maximum atomic E-state index is 13.4. The Balaban J connectivity index is 2.34. The van der Waals surface area contributed by atoms with E-state index < -0.39 is 7.60 Å². The highest BCUT2D eigenvalue weighted by molar-refractivity contribution is 7.55. The van der Waals surface area contributed by atoms with E-state index in [0.29, 0.717) is 11.5 Å². The molecule has 2 aromatic rings. The molecule has 0 aromatic heterocycles. The largest absolute Gasteiger partial charge is 0.438 e. The second-order valence-electron chi connectivity index (χ2n) is 6.37. The summed E-state index contributed by atoms with van der Waals surface area (Å²) in [5.74, 6) is 0.813. The Morgan fingerprint density at radius 2 is 1.27 bits per heavy atom. The number of ketones is 1. The lowest BCUT2D eigenvalue weighted by Crippen LogP contribution is -2.12. The van der Waals surface area contributed by atoms with Crippen molar-refractivity contribution in [2.75, 3.05) is 6.16 Å². The van der Waals surface area contributed by atoms with Gasteiger partial charge in [0.25, 0.3) is 0 Å². The molecule has 140 valence electrons. The van der Waals surface area contributed by atoms with E-state index >= 15 is 0 Å². The molecule has 0 aliphatic carbocycles. The highest BCUT2D eigenvalue weighted by Crippen LogP contribution is 2.50. The van der Waals surface area contributed by atoms with Crippen LogP contribution in [0.1, 0.15) is 44.7 Å². The molecule has 2 rings (SSSR count). The maximum Gasteiger partial charge on any atom is 0.438 e. The van der Waals surface area contributed by atoms with E-state index in [2.05, 4.69) is 13.8 Å². The zero-order valence-electron chi connectivity index (χ0n) is 15.7. The SMILES string of the molecule is CCCc1ccccc1OP(=O)(CC(C)=O)Oc1ccccc1CCC. The fourth-order valence-corrected chi connectivity index (χ4v) is 4.46. The smallest absolute Gasteiger partial charge is 0.415 e. The van der Waals surface area contributed by atoms with Crippen molar-refractivity contribution in [1.82, 2.24) is 0 Å². The third-order valence-electron chi connectivity index (χ3n) is 3.88. The molecule has 4 nitrogen and oxygen atoms in total. The lowest BCUT2D eigenvalue weighted by molar-refractivity contribution is -0.114. The molecule has 26 heavy (non-hydrogen) atoms. The maximum absolute atomic E-state index is 13.4. The first kappa shape index (κ1) is 20.3. The molecule has 5 heteroatoms. The summed E-state index contributed by atoms with van der Waals surface area (Å²) >= 11 is 0. The molecule has 0 amide bonds. The zero-order chi connectivity index (χ0) is 19.0. The number of hydrogen-bond acceptors (Lipinski definition) is 4.